The number of benzene rings is 8. The van der Waals surface area contributed by atoms with Crippen LogP contribution in [0.4, 0.5) is 0 Å². The first-order valence-corrected chi connectivity index (χ1v) is 20.2. The number of nitrogens with zero attached hydrogens (tertiary/aromatic N) is 6. The molecule has 60 heavy (non-hydrogen) atoms. The molecule has 282 valence electrons. The summed E-state index contributed by atoms with van der Waals surface area (Å²) in [6, 6.07) is 60.3. The summed E-state index contributed by atoms with van der Waals surface area (Å²) < 4.78 is 6.34. The van der Waals surface area contributed by atoms with Crippen LogP contribution in [0.5, 0.6) is 0 Å². The SMILES string of the molecule is C1=CC(c2ccccc2-c2nc(-c3ccccc3-c3ccccc3)nc(-c3cccc4oc5ccccc5c34)n2)Cc2c1ccc1ccc3nn(-c4ccccc4)nc3c21. The second-order valence-corrected chi connectivity index (χ2v) is 15.2. The molecule has 0 aliphatic heterocycles. The molecule has 1 aliphatic rings. The van der Waals surface area contributed by atoms with E-state index in [4.69, 9.17) is 29.6 Å². The Morgan fingerprint density at radius 3 is 2.00 bits per heavy atom. The molecular weight excluding hydrogens is 737 g/mol. The van der Waals surface area contributed by atoms with Crippen molar-refractivity contribution in [3.8, 4) is 51.0 Å². The van der Waals surface area contributed by atoms with Crippen molar-refractivity contribution in [3.05, 3.63) is 199 Å². The van der Waals surface area contributed by atoms with Gasteiger partial charge in [-0.1, -0.05) is 158 Å². The number of hydrogen-bond acceptors (Lipinski definition) is 6. The average Bonchev–Trinajstić information content (AvgIpc) is 3.94. The van der Waals surface area contributed by atoms with Crippen LogP contribution >= 0.6 is 0 Å². The minimum absolute atomic E-state index is 0.0419. The van der Waals surface area contributed by atoms with Gasteiger partial charge in [0.15, 0.2) is 17.5 Å². The number of allylic oxidation sites excluding steroid dienone is 1. The van der Waals surface area contributed by atoms with Gasteiger partial charge in [-0.25, -0.2) is 15.0 Å². The van der Waals surface area contributed by atoms with Crippen molar-refractivity contribution in [2.24, 2.45) is 0 Å². The Morgan fingerprint density at radius 2 is 1.15 bits per heavy atom. The summed E-state index contributed by atoms with van der Waals surface area (Å²) in [7, 11) is 0. The Kier molecular flexibility index (Phi) is 7.84. The lowest BCUT2D eigenvalue weighted by Gasteiger charge is -2.23. The molecule has 7 nitrogen and oxygen atoms in total. The quantitative estimate of drug-likeness (QED) is 0.167. The van der Waals surface area contributed by atoms with Gasteiger partial charge in [0.25, 0.3) is 0 Å². The van der Waals surface area contributed by atoms with Crippen molar-refractivity contribution in [2.45, 2.75) is 12.3 Å². The molecule has 8 aromatic carbocycles. The first-order chi connectivity index (χ1) is 29.7. The van der Waals surface area contributed by atoms with Gasteiger partial charge >= 0.3 is 0 Å². The smallest absolute Gasteiger partial charge is 0.164 e. The zero-order chi connectivity index (χ0) is 39.6. The topological polar surface area (TPSA) is 82.5 Å². The standard InChI is InChI=1S/C53H34N6O/c1-3-14-33(15-4-1)38-18-7-9-20-40(38)51-54-52(56-53(55-51)43-23-13-25-47-49(43)42-22-11-12-24-46(42)60-47)41-21-10-8-19-39(41)36-29-27-34-26-28-35-30-31-45-50(48(35)44(34)32-36)58-59(57-45)37-16-5-2-6-17-37/h1-31,36H,32H2. The van der Waals surface area contributed by atoms with Crippen LogP contribution in [-0.2, 0) is 6.42 Å². The molecular formula is C53H34N6O. The molecule has 11 aromatic rings. The van der Waals surface area contributed by atoms with Crippen LogP contribution in [0.3, 0.4) is 0 Å². The van der Waals surface area contributed by atoms with Crippen molar-refractivity contribution in [1.29, 1.82) is 0 Å². The third kappa shape index (κ3) is 5.62. The van der Waals surface area contributed by atoms with Crippen LogP contribution in [0.2, 0.25) is 0 Å². The lowest BCUT2D eigenvalue weighted by Crippen LogP contribution is -2.09. The number of rotatable bonds is 6. The molecule has 3 aromatic heterocycles. The first kappa shape index (κ1) is 34.0. The molecule has 0 radical (unpaired) electrons. The molecule has 1 atom stereocenters. The maximum absolute atomic E-state index is 6.34. The number of para-hydroxylation sites is 2. The van der Waals surface area contributed by atoms with E-state index in [1.165, 1.54) is 11.1 Å². The fraction of sp³-hybridized carbons (Fsp3) is 0.0377. The van der Waals surface area contributed by atoms with Crippen LogP contribution in [0.1, 0.15) is 22.6 Å². The van der Waals surface area contributed by atoms with Gasteiger partial charge in [0.2, 0.25) is 0 Å². The van der Waals surface area contributed by atoms with E-state index in [-0.39, 0.29) is 5.92 Å². The summed E-state index contributed by atoms with van der Waals surface area (Å²) in [4.78, 5) is 17.7. The zero-order valence-electron chi connectivity index (χ0n) is 32.3. The molecule has 12 rings (SSSR count). The minimum atomic E-state index is 0.0419. The van der Waals surface area contributed by atoms with Crippen molar-refractivity contribution in [1.82, 2.24) is 29.9 Å². The average molecular weight is 771 g/mol. The third-order valence-electron chi connectivity index (χ3n) is 11.7. The number of fused-ring (bicyclic) bond motifs is 8. The molecule has 0 saturated heterocycles. The van der Waals surface area contributed by atoms with Gasteiger partial charge in [0, 0.05) is 38.8 Å². The highest BCUT2D eigenvalue weighted by molar-refractivity contribution is 6.12. The van der Waals surface area contributed by atoms with Crippen LogP contribution in [0.25, 0.3) is 101 Å². The lowest BCUT2D eigenvalue weighted by molar-refractivity contribution is 0.669. The second kappa shape index (κ2) is 13.8. The maximum atomic E-state index is 6.34. The summed E-state index contributed by atoms with van der Waals surface area (Å²) in [5.74, 6) is 1.85. The molecule has 1 aliphatic carbocycles. The van der Waals surface area contributed by atoms with E-state index >= 15 is 0 Å². The van der Waals surface area contributed by atoms with Gasteiger partial charge in [0.05, 0.1) is 5.69 Å². The Bertz CT molecular complexity index is 3480. The van der Waals surface area contributed by atoms with Gasteiger partial charge in [-0.2, -0.15) is 4.80 Å². The second-order valence-electron chi connectivity index (χ2n) is 15.2. The van der Waals surface area contributed by atoms with Crippen LogP contribution in [0.15, 0.2) is 186 Å². The summed E-state index contributed by atoms with van der Waals surface area (Å²) in [5, 5.41) is 14.3. The van der Waals surface area contributed by atoms with Crippen LogP contribution in [0, 0.1) is 0 Å². The van der Waals surface area contributed by atoms with Gasteiger partial charge in [-0.05, 0) is 70.0 Å². The van der Waals surface area contributed by atoms with E-state index in [0.29, 0.717) is 17.5 Å². The van der Waals surface area contributed by atoms with E-state index in [2.05, 4.69) is 115 Å². The predicted octanol–water partition coefficient (Wildman–Crippen LogP) is 12.7. The molecule has 3 heterocycles. The van der Waals surface area contributed by atoms with Gasteiger partial charge in [0.1, 0.15) is 22.2 Å². The van der Waals surface area contributed by atoms with Crippen LogP contribution < -0.4 is 0 Å². The third-order valence-corrected chi connectivity index (χ3v) is 11.7. The van der Waals surface area contributed by atoms with Crippen molar-refractivity contribution in [2.75, 3.05) is 0 Å². The minimum Gasteiger partial charge on any atom is -0.456 e. The summed E-state index contributed by atoms with van der Waals surface area (Å²) >= 11 is 0. The molecule has 0 amide bonds. The number of aromatic nitrogens is 6. The fourth-order valence-corrected chi connectivity index (χ4v) is 8.92. The van der Waals surface area contributed by atoms with Gasteiger partial charge < -0.3 is 4.42 Å². The van der Waals surface area contributed by atoms with E-state index in [1.807, 2.05) is 72.8 Å². The maximum Gasteiger partial charge on any atom is 0.164 e. The summed E-state index contributed by atoms with van der Waals surface area (Å²) in [6.07, 6.45) is 5.35. The first-order valence-electron chi connectivity index (χ1n) is 20.2. The Morgan fingerprint density at radius 1 is 0.500 bits per heavy atom. The Hall–Kier alpha value is -8.03. The van der Waals surface area contributed by atoms with Crippen molar-refractivity contribution < 1.29 is 4.42 Å². The Balaban J connectivity index is 1.04. The number of hydrogen-bond donors (Lipinski definition) is 0. The molecule has 0 N–H and O–H groups in total. The van der Waals surface area contributed by atoms with E-state index in [9.17, 15) is 0 Å². The summed E-state index contributed by atoms with van der Waals surface area (Å²) in [6.45, 7) is 0. The summed E-state index contributed by atoms with van der Waals surface area (Å²) in [5.41, 5.74) is 12.8. The molecule has 1 unspecified atom stereocenters. The highest BCUT2D eigenvalue weighted by atomic mass is 16.3. The van der Waals surface area contributed by atoms with Crippen molar-refractivity contribution in [3.63, 3.8) is 0 Å². The highest BCUT2D eigenvalue weighted by Crippen LogP contribution is 2.42. The fourth-order valence-electron chi connectivity index (χ4n) is 8.92. The molecule has 0 spiro atoms. The van der Waals surface area contributed by atoms with E-state index < -0.39 is 0 Å². The lowest BCUT2D eigenvalue weighted by atomic mass is 9.81. The Labute approximate surface area is 345 Å². The molecule has 0 fully saturated rings. The van der Waals surface area contributed by atoms with Gasteiger partial charge in [-0.15, -0.1) is 10.2 Å². The van der Waals surface area contributed by atoms with Crippen molar-refractivity contribution >= 4 is 49.8 Å². The monoisotopic (exact) mass is 770 g/mol. The largest absolute Gasteiger partial charge is 0.456 e. The molecule has 0 bridgehead atoms. The number of furan rings is 1. The normalized spacial score (nSPS) is 13.7. The zero-order valence-corrected chi connectivity index (χ0v) is 32.3. The van der Waals surface area contributed by atoms with Gasteiger partial charge in [-0.3, -0.25) is 0 Å². The predicted molar refractivity (Wildman–Crippen MR) is 241 cm³/mol. The molecule has 0 saturated carbocycles. The van der Waals surface area contributed by atoms with Crippen LogP contribution in [-0.4, -0.2) is 29.9 Å². The van der Waals surface area contributed by atoms with E-state index in [0.717, 1.165) is 89.2 Å². The molecule has 7 heteroatoms. The highest BCUT2D eigenvalue weighted by Gasteiger charge is 2.25. The van der Waals surface area contributed by atoms with E-state index in [1.54, 1.807) is 4.80 Å².